The maximum absolute atomic E-state index is 13.0. The normalized spacial score (nSPS) is 10.3. The van der Waals surface area contributed by atoms with Crippen molar-refractivity contribution in [2.75, 3.05) is 0 Å². The standard InChI is InChI=1S/C12H9BrFNO2/c13-10-5-9(1-2-11(10)14)17-12-6-15-4-3-8(12)7-16/h1-6,16H,7H2. The molecule has 5 heteroatoms. The minimum absolute atomic E-state index is 0.139. The fourth-order valence-electron chi connectivity index (χ4n) is 1.30. The third kappa shape index (κ3) is 2.81. The molecule has 0 aliphatic carbocycles. The smallest absolute Gasteiger partial charge is 0.151 e. The van der Waals surface area contributed by atoms with Gasteiger partial charge in [0.25, 0.3) is 0 Å². The van der Waals surface area contributed by atoms with E-state index in [9.17, 15) is 4.39 Å². The van der Waals surface area contributed by atoms with Gasteiger partial charge in [0.15, 0.2) is 5.75 Å². The maximum Gasteiger partial charge on any atom is 0.151 e. The van der Waals surface area contributed by atoms with Crippen LogP contribution in [0.2, 0.25) is 0 Å². The topological polar surface area (TPSA) is 42.4 Å². The van der Waals surface area contributed by atoms with Crippen LogP contribution >= 0.6 is 15.9 Å². The quantitative estimate of drug-likeness (QED) is 0.945. The molecule has 3 nitrogen and oxygen atoms in total. The van der Waals surface area contributed by atoms with Gasteiger partial charge in [-0.1, -0.05) is 0 Å². The Morgan fingerprint density at radius 1 is 1.35 bits per heavy atom. The first kappa shape index (κ1) is 12.0. The molecule has 2 aromatic rings. The summed E-state index contributed by atoms with van der Waals surface area (Å²) in [6.45, 7) is -0.139. The summed E-state index contributed by atoms with van der Waals surface area (Å²) in [5.74, 6) is 0.570. The third-order valence-corrected chi connectivity index (χ3v) is 2.77. The average Bonchev–Trinajstić information content (AvgIpc) is 2.34. The molecule has 0 atom stereocenters. The number of nitrogens with zero attached hydrogens (tertiary/aromatic N) is 1. The average molecular weight is 298 g/mol. The Morgan fingerprint density at radius 3 is 2.88 bits per heavy atom. The Labute approximate surface area is 106 Å². The van der Waals surface area contributed by atoms with Gasteiger partial charge < -0.3 is 9.84 Å². The van der Waals surface area contributed by atoms with Gasteiger partial charge in [-0.2, -0.15) is 0 Å². The second kappa shape index (κ2) is 5.25. The molecule has 0 aliphatic rings. The number of halogens is 2. The summed E-state index contributed by atoms with van der Waals surface area (Å²) in [5.41, 5.74) is 0.625. The number of rotatable bonds is 3. The zero-order valence-corrected chi connectivity index (χ0v) is 10.3. The van der Waals surface area contributed by atoms with Crippen LogP contribution in [0.5, 0.6) is 11.5 Å². The monoisotopic (exact) mass is 297 g/mol. The van der Waals surface area contributed by atoms with Crippen molar-refractivity contribution < 1.29 is 14.2 Å². The van der Waals surface area contributed by atoms with Crippen molar-refractivity contribution in [3.05, 3.63) is 52.5 Å². The molecule has 1 aromatic heterocycles. The van der Waals surface area contributed by atoms with Gasteiger partial charge in [0.1, 0.15) is 11.6 Å². The molecule has 0 spiro atoms. The number of ether oxygens (including phenoxy) is 1. The minimum atomic E-state index is -0.356. The van der Waals surface area contributed by atoms with Gasteiger partial charge in [-0.3, -0.25) is 4.98 Å². The van der Waals surface area contributed by atoms with Crippen LogP contribution in [-0.4, -0.2) is 10.1 Å². The van der Waals surface area contributed by atoms with Gasteiger partial charge in [-0.25, -0.2) is 4.39 Å². The number of aliphatic hydroxyl groups is 1. The van der Waals surface area contributed by atoms with Crippen LogP contribution in [0.3, 0.4) is 0 Å². The van der Waals surface area contributed by atoms with E-state index in [0.717, 1.165) is 0 Å². The summed E-state index contributed by atoms with van der Waals surface area (Å²) in [7, 11) is 0. The van der Waals surface area contributed by atoms with Gasteiger partial charge in [0, 0.05) is 11.8 Å². The molecular weight excluding hydrogens is 289 g/mol. The van der Waals surface area contributed by atoms with E-state index in [4.69, 9.17) is 9.84 Å². The van der Waals surface area contributed by atoms with Crippen LogP contribution < -0.4 is 4.74 Å². The van der Waals surface area contributed by atoms with Crippen molar-refractivity contribution in [1.29, 1.82) is 0 Å². The number of benzene rings is 1. The fraction of sp³-hybridized carbons (Fsp3) is 0.0833. The fourth-order valence-corrected chi connectivity index (χ4v) is 1.66. The van der Waals surface area contributed by atoms with Crippen LogP contribution in [0.1, 0.15) is 5.56 Å². The molecule has 0 aliphatic heterocycles. The molecule has 88 valence electrons. The van der Waals surface area contributed by atoms with Crippen molar-refractivity contribution in [1.82, 2.24) is 4.98 Å². The van der Waals surface area contributed by atoms with Gasteiger partial charge in [-0.15, -0.1) is 0 Å². The third-order valence-electron chi connectivity index (χ3n) is 2.16. The molecule has 1 N–H and O–H groups in total. The van der Waals surface area contributed by atoms with E-state index in [1.54, 1.807) is 12.3 Å². The van der Waals surface area contributed by atoms with Gasteiger partial charge in [0.05, 0.1) is 17.3 Å². The Kier molecular flexibility index (Phi) is 3.71. The highest BCUT2D eigenvalue weighted by molar-refractivity contribution is 9.10. The summed E-state index contributed by atoms with van der Waals surface area (Å²) in [6, 6.07) is 5.99. The summed E-state index contributed by atoms with van der Waals surface area (Å²) >= 11 is 3.07. The lowest BCUT2D eigenvalue weighted by molar-refractivity contribution is 0.276. The van der Waals surface area contributed by atoms with E-state index >= 15 is 0 Å². The number of aromatic nitrogens is 1. The largest absolute Gasteiger partial charge is 0.455 e. The van der Waals surface area contributed by atoms with Crippen LogP contribution in [-0.2, 0) is 6.61 Å². The van der Waals surface area contributed by atoms with E-state index in [-0.39, 0.29) is 12.4 Å². The van der Waals surface area contributed by atoms with E-state index in [2.05, 4.69) is 20.9 Å². The Bertz CT molecular complexity index is 534. The van der Waals surface area contributed by atoms with E-state index in [1.807, 2.05) is 0 Å². The van der Waals surface area contributed by atoms with Gasteiger partial charge in [-0.05, 0) is 40.2 Å². The first-order chi connectivity index (χ1) is 8.20. The molecule has 0 bridgehead atoms. The molecule has 1 heterocycles. The molecule has 0 radical (unpaired) electrons. The van der Waals surface area contributed by atoms with Crippen molar-refractivity contribution >= 4 is 15.9 Å². The Morgan fingerprint density at radius 2 is 2.18 bits per heavy atom. The Hall–Kier alpha value is -1.46. The summed E-state index contributed by atoms with van der Waals surface area (Å²) < 4.78 is 18.9. The van der Waals surface area contributed by atoms with E-state index in [1.165, 1.54) is 24.4 Å². The van der Waals surface area contributed by atoms with Crippen molar-refractivity contribution in [2.45, 2.75) is 6.61 Å². The lowest BCUT2D eigenvalue weighted by atomic mass is 10.2. The second-order valence-electron chi connectivity index (χ2n) is 3.32. The molecule has 0 saturated heterocycles. The summed E-state index contributed by atoms with van der Waals surface area (Å²) in [6.07, 6.45) is 3.07. The zero-order valence-electron chi connectivity index (χ0n) is 8.73. The Balaban J connectivity index is 2.28. The van der Waals surface area contributed by atoms with Crippen molar-refractivity contribution in [3.63, 3.8) is 0 Å². The van der Waals surface area contributed by atoms with E-state index < -0.39 is 0 Å². The predicted molar refractivity (Wildman–Crippen MR) is 64.3 cm³/mol. The molecule has 2 rings (SSSR count). The highest BCUT2D eigenvalue weighted by Gasteiger charge is 2.06. The number of aliphatic hydroxyl groups excluding tert-OH is 1. The molecule has 17 heavy (non-hydrogen) atoms. The highest BCUT2D eigenvalue weighted by Crippen LogP contribution is 2.27. The van der Waals surface area contributed by atoms with Gasteiger partial charge >= 0.3 is 0 Å². The lowest BCUT2D eigenvalue weighted by Gasteiger charge is -2.09. The first-order valence-electron chi connectivity index (χ1n) is 4.87. The number of pyridine rings is 1. The molecule has 0 saturated carbocycles. The van der Waals surface area contributed by atoms with Crippen LogP contribution in [0.4, 0.5) is 4.39 Å². The highest BCUT2D eigenvalue weighted by atomic mass is 79.9. The molecule has 0 fully saturated rings. The lowest BCUT2D eigenvalue weighted by Crippen LogP contribution is -1.92. The van der Waals surface area contributed by atoms with Crippen LogP contribution in [0.25, 0.3) is 0 Å². The van der Waals surface area contributed by atoms with Crippen molar-refractivity contribution in [2.24, 2.45) is 0 Å². The van der Waals surface area contributed by atoms with Crippen LogP contribution in [0, 0.1) is 5.82 Å². The zero-order chi connectivity index (χ0) is 12.3. The van der Waals surface area contributed by atoms with Crippen LogP contribution in [0.15, 0.2) is 41.1 Å². The molecule has 1 aromatic carbocycles. The number of hydrogen-bond donors (Lipinski definition) is 1. The van der Waals surface area contributed by atoms with E-state index in [0.29, 0.717) is 21.5 Å². The minimum Gasteiger partial charge on any atom is -0.455 e. The summed E-state index contributed by atoms with van der Waals surface area (Å²) in [4.78, 5) is 3.91. The first-order valence-corrected chi connectivity index (χ1v) is 5.66. The van der Waals surface area contributed by atoms with Crippen molar-refractivity contribution in [3.8, 4) is 11.5 Å². The molecule has 0 unspecified atom stereocenters. The maximum atomic E-state index is 13.0. The molecule has 0 amide bonds. The molecular formula is C12H9BrFNO2. The van der Waals surface area contributed by atoms with Gasteiger partial charge in [0.2, 0.25) is 0 Å². The second-order valence-corrected chi connectivity index (χ2v) is 4.17. The number of hydrogen-bond acceptors (Lipinski definition) is 3. The SMILES string of the molecule is OCc1ccncc1Oc1ccc(F)c(Br)c1. The predicted octanol–water partition coefficient (Wildman–Crippen LogP) is 3.27. The summed E-state index contributed by atoms with van der Waals surface area (Å²) in [5, 5.41) is 9.12.